The highest BCUT2D eigenvalue weighted by Crippen LogP contribution is 2.29. The van der Waals surface area contributed by atoms with Crippen molar-refractivity contribution in [2.75, 3.05) is 20.8 Å². The average Bonchev–Trinajstić information content (AvgIpc) is 2.35. The largest absolute Gasteiger partial charge is 0.376 e. The molecule has 0 saturated carbocycles. The molecule has 20 heavy (non-hydrogen) atoms. The van der Waals surface area contributed by atoms with Crippen molar-refractivity contribution in [2.24, 2.45) is 0 Å². The zero-order valence-electron chi connectivity index (χ0n) is 10.6. The number of thiol groups is 1. The van der Waals surface area contributed by atoms with Crippen LogP contribution in [0.1, 0.15) is 0 Å². The molecule has 0 aliphatic carbocycles. The van der Waals surface area contributed by atoms with Crippen molar-refractivity contribution in [3.63, 3.8) is 0 Å². The van der Waals surface area contributed by atoms with E-state index in [0.29, 0.717) is 0 Å². The Bertz CT molecular complexity index is 357. The number of hydrogen-bond donors (Lipinski definition) is 1. The lowest BCUT2D eigenvalue weighted by Gasteiger charge is -2.42. The molecule has 0 spiro atoms. The maximum absolute atomic E-state index is 10.5. The quantitative estimate of drug-likeness (QED) is 0.373. The minimum absolute atomic E-state index is 0.476. The van der Waals surface area contributed by atoms with Gasteiger partial charge < -0.3 is 23.9 Å². The fraction of sp³-hybridized carbons (Fsp3) is 1.00. The lowest BCUT2D eigenvalue weighted by molar-refractivity contribution is -0.776. The molecule has 0 amide bonds. The van der Waals surface area contributed by atoms with Gasteiger partial charge in [-0.25, -0.2) is 0 Å². The summed E-state index contributed by atoms with van der Waals surface area (Å²) in [5.74, 6) is 0. The molecule has 1 fully saturated rings. The Morgan fingerprint density at radius 3 is 2.15 bits per heavy atom. The van der Waals surface area contributed by atoms with E-state index in [2.05, 4.69) is 22.3 Å². The summed E-state index contributed by atoms with van der Waals surface area (Å²) in [7, 11) is 2.56. The van der Waals surface area contributed by atoms with Gasteiger partial charge in [0.2, 0.25) is 0 Å². The van der Waals surface area contributed by atoms with Crippen LogP contribution in [0.3, 0.4) is 0 Å². The maximum Gasteiger partial charge on any atom is 0.294 e. The normalized spacial score (nSPS) is 33.5. The summed E-state index contributed by atoms with van der Waals surface area (Å²) in [4.78, 5) is 29.5. The fourth-order valence-corrected chi connectivity index (χ4v) is 2.37. The van der Waals surface area contributed by atoms with Crippen LogP contribution in [0.5, 0.6) is 0 Å². The second-order valence-electron chi connectivity index (χ2n) is 3.78. The second-order valence-corrected chi connectivity index (χ2v) is 4.29. The van der Waals surface area contributed by atoms with Crippen molar-refractivity contribution >= 4 is 12.6 Å². The topological polar surface area (TPSA) is 132 Å². The summed E-state index contributed by atoms with van der Waals surface area (Å²) in [6.45, 7) is -0.476. The van der Waals surface area contributed by atoms with Gasteiger partial charge >= 0.3 is 0 Å². The van der Waals surface area contributed by atoms with Crippen molar-refractivity contribution in [1.29, 1.82) is 0 Å². The van der Waals surface area contributed by atoms with Crippen LogP contribution in [0.2, 0.25) is 0 Å². The summed E-state index contributed by atoms with van der Waals surface area (Å²) < 4.78 is 15.4. The Morgan fingerprint density at radius 2 is 1.70 bits per heavy atom. The van der Waals surface area contributed by atoms with Crippen molar-refractivity contribution in [2.45, 2.75) is 29.9 Å². The molecule has 0 aromatic heterocycles. The SMILES string of the molecule is COC1C(S)OC(CO[N+](=O)[O-])C(OC)C1O[N+](=O)[O-]. The first-order chi connectivity index (χ1) is 9.40. The Labute approximate surface area is 118 Å². The number of ether oxygens (including phenoxy) is 3. The molecule has 1 rings (SSSR count). The summed E-state index contributed by atoms with van der Waals surface area (Å²) in [5.41, 5.74) is -0.892. The van der Waals surface area contributed by atoms with Gasteiger partial charge in [-0.3, -0.25) is 0 Å². The highest BCUT2D eigenvalue weighted by molar-refractivity contribution is 7.80. The standard InChI is InChI=1S/C8H14N2O9S/c1-15-5-4(3-17-9(11)12)18-8(20)7(16-2)6(5)19-10(13)14/h4-8,20H,3H2,1-2H3. The van der Waals surface area contributed by atoms with Gasteiger partial charge in [0.05, 0.1) is 0 Å². The molecule has 1 heterocycles. The highest BCUT2D eigenvalue weighted by atomic mass is 32.1. The van der Waals surface area contributed by atoms with Gasteiger partial charge in [0, 0.05) is 14.2 Å². The number of hydrogen-bond acceptors (Lipinski definition) is 10. The van der Waals surface area contributed by atoms with E-state index in [-0.39, 0.29) is 0 Å². The maximum atomic E-state index is 10.5. The molecule has 12 heteroatoms. The van der Waals surface area contributed by atoms with Gasteiger partial charge in [0.25, 0.3) is 10.2 Å². The third kappa shape index (κ3) is 4.06. The van der Waals surface area contributed by atoms with Crippen LogP contribution in [-0.2, 0) is 23.9 Å². The zero-order valence-corrected chi connectivity index (χ0v) is 11.5. The van der Waals surface area contributed by atoms with E-state index in [1.54, 1.807) is 0 Å². The summed E-state index contributed by atoms with van der Waals surface area (Å²) in [6, 6.07) is 0. The number of nitrogens with zero attached hydrogens (tertiary/aromatic N) is 2. The Morgan fingerprint density at radius 1 is 1.10 bits per heavy atom. The van der Waals surface area contributed by atoms with Gasteiger partial charge in [0.15, 0.2) is 6.10 Å². The highest BCUT2D eigenvalue weighted by Gasteiger charge is 2.48. The lowest BCUT2D eigenvalue weighted by atomic mass is 10.00. The molecular formula is C8H14N2O9S. The van der Waals surface area contributed by atoms with E-state index < -0.39 is 46.6 Å². The predicted octanol–water partition coefficient (Wildman–Crippen LogP) is -0.544. The van der Waals surface area contributed by atoms with Gasteiger partial charge in [-0.15, -0.1) is 32.9 Å². The molecule has 0 bridgehead atoms. The van der Waals surface area contributed by atoms with Gasteiger partial charge in [0.1, 0.15) is 30.4 Å². The first kappa shape index (κ1) is 16.7. The van der Waals surface area contributed by atoms with E-state index in [9.17, 15) is 20.2 Å². The van der Waals surface area contributed by atoms with E-state index in [4.69, 9.17) is 14.2 Å². The second kappa shape index (κ2) is 7.42. The first-order valence-corrected chi connectivity index (χ1v) is 5.90. The first-order valence-electron chi connectivity index (χ1n) is 5.38. The summed E-state index contributed by atoms with van der Waals surface area (Å²) in [5, 5.41) is 18.7. The third-order valence-corrected chi connectivity index (χ3v) is 3.12. The lowest BCUT2D eigenvalue weighted by Crippen LogP contribution is -2.60. The van der Waals surface area contributed by atoms with E-state index in [1.165, 1.54) is 14.2 Å². The molecule has 0 aromatic carbocycles. The predicted molar refractivity (Wildman–Crippen MR) is 64.1 cm³/mol. The van der Waals surface area contributed by atoms with Crippen LogP contribution in [0.15, 0.2) is 0 Å². The van der Waals surface area contributed by atoms with Crippen LogP contribution < -0.4 is 0 Å². The third-order valence-electron chi connectivity index (χ3n) is 2.71. The molecular weight excluding hydrogens is 300 g/mol. The van der Waals surface area contributed by atoms with Crippen molar-refractivity contribution in [3.05, 3.63) is 20.2 Å². The molecule has 5 atom stereocenters. The average molecular weight is 314 g/mol. The Kier molecular flexibility index (Phi) is 6.19. The van der Waals surface area contributed by atoms with Crippen molar-refractivity contribution < 1.29 is 34.1 Å². The molecule has 5 unspecified atom stereocenters. The Balaban J connectivity index is 2.87. The van der Waals surface area contributed by atoms with Crippen molar-refractivity contribution in [3.8, 4) is 0 Å². The van der Waals surface area contributed by atoms with Crippen LogP contribution in [0, 0.1) is 20.2 Å². The van der Waals surface area contributed by atoms with E-state index >= 15 is 0 Å². The number of methoxy groups -OCH3 is 2. The molecule has 116 valence electrons. The molecule has 1 saturated heterocycles. The smallest absolute Gasteiger partial charge is 0.294 e. The van der Waals surface area contributed by atoms with Crippen LogP contribution >= 0.6 is 12.6 Å². The van der Waals surface area contributed by atoms with Crippen LogP contribution in [-0.4, -0.2) is 60.9 Å². The van der Waals surface area contributed by atoms with Gasteiger partial charge in [-0.2, -0.15) is 0 Å². The molecule has 0 N–H and O–H groups in total. The van der Waals surface area contributed by atoms with Crippen LogP contribution in [0.4, 0.5) is 0 Å². The molecule has 1 aliphatic heterocycles. The molecule has 0 radical (unpaired) electrons. The zero-order chi connectivity index (χ0) is 15.3. The fourth-order valence-electron chi connectivity index (χ4n) is 1.92. The minimum Gasteiger partial charge on any atom is -0.376 e. The molecule has 1 aliphatic rings. The van der Waals surface area contributed by atoms with E-state index in [1.807, 2.05) is 0 Å². The van der Waals surface area contributed by atoms with Crippen LogP contribution in [0.25, 0.3) is 0 Å². The van der Waals surface area contributed by atoms with Gasteiger partial charge in [-0.1, -0.05) is 0 Å². The Hall–Kier alpha value is -1.37. The van der Waals surface area contributed by atoms with Crippen molar-refractivity contribution in [1.82, 2.24) is 0 Å². The molecule has 0 aromatic rings. The summed E-state index contributed by atoms with van der Waals surface area (Å²) >= 11 is 4.07. The molecule has 11 nitrogen and oxygen atoms in total. The van der Waals surface area contributed by atoms with E-state index in [0.717, 1.165) is 0 Å². The summed E-state index contributed by atoms with van der Waals surface area (Å²) in [6.07, 6.45) is -4.00. The number of rotatable bonds is 7. The monoisotopic (exact) mass is 314 g/mol. The minimum atomic E-state index is -1.16. The van der Waals surface area contributed by atoms with Gasteiger partial charge in [-0.05, 0) is 0 Å².